The van der Waals surface area contributed by atoms with Crippen molar-refractivity contribution < 1.29 is 17.1 Å². The number of hydrogen-bond donors (Lipinski definition) is 1. The summed E-state index contributed by atoms with van der Waals surface area (Å²) in [4.78, 5) is 17.1. The highest BCUT2D eigenvalue weighted by Crippen LogP contribution is 2.05. The zero-order valence-corrected chi connectivity index (χ0v) is 9.97. The Kier molecular flexibility index (Phi) is 4.67. The van der Waals surface area contributed by atoms with Crippen LogP contribution in [0.25, 0.3) is 0 Å². The third kappa shape index (κ3) is 4.06. The molecule has 1 aromatic heterocycles. The molecule has 0 spiro atoms. The molecule has 0 fully saturated rings. The minimum Gasteiger partial charge on any atom is -0.403 e. The van der Waals surface area contributed by atoms with Crippen molar-refractivity contribution in [2.75, 3.05) is 0 Å². The zero-order valence-electron chi connectivity index (χ0n) is 9.15. The lowest BCUT2D eigenvalue weighted by molar-refractivity contribution is 0.111. The molecule has 0 atom stereocenters. The standard InChI is InChI=1S/C10H10FN3O3S/c11-18(16,17)10(3-12)6-13-4-8-1-2-9(7-15)14-5-8/h1-3,5-7H,4,12H2/b10-3+,13-6?. The number of hydrogen-bond acceptors (Lipinski definition) is 6. The number of allylic oxidation sites excluding steroid dienone is 1. The Balaban J connectivity index is 2.72. The first-order valence-electron chi connectivity index (χ1n) is 4.74. The fourth-order valence-corrected chi connectivity index (χ4v) is 1.39. The number of nitrogens with two attached hydrogens (primary N) is 1. The molecule has 0 aliphatic carbocycles. The molecule has 1 aromatic rings. The molecule has 0 saturated carbocycles. The Morgan fingerprint density at radius 3 is 2.67 bits per heavy atom. The lowest BCUT2D eigenvalue weighted by Crippen LogP contribution is -2.01. The predicted octanol–water partition coefficient (Wildman–Crippen LogP) is 0.564. The lowest BCUT2D eigenvalue weighted by atomic mass is 10.2. The van der Waals surface area contributed by atoms with Gasteiger partial charge in [-0.15, -0.1) is 3.89 Å². The SMILES string of the molecule is N/C=C(\C=NCc1ccc(C=O)nc1)S(=O)(=O)F. The van der Waals surface area contributed by atoms with Crippen molar-refractivity contribution in [2.24, 2.45) is 10.7 Å². The largest absolute Gasteiger partial charge is 0.403 e. The van der Waals surface area contributed by atoms with Crippen LogP contribution >= 0.6 is 0 Å². The average molecular weight is 271 g/mol. The van der Waals surface area contributed by atoms with Crippen molar-refractivity contribution in [1.82, 2.24) is 4.98 Å². The van der Waals surface area contributed by atoms with Crippen LogP contribution in [0, 0.1) is 0 Å². The Labute approximate surface area is 103 Å². The molecule has 0 bridgehead atoms. The van der Waals surface area contributed by atoms with Crippen LogP contribution in [0.4, 0.5) is 3.89 Å². The van der Waals surface area contributed by atoms with Gasteiger partial charge in [0.1, 0.15) is 10.6 Å². The summed E-state index contributed by atoms with van der Waals surface area (Å²) in [6.07, 6.45) is 3.45. The van der Waals surface area contributed by atoms with Crippen molar-refractivity contribution in [2.45, 2.75) is 6.54 Å². The summed E-state index contributed by atoms with van der Waals surface area (Å²) in [5.74, 6) is 0. The summed E-state index contributed by atoms with van der Waals surface area (Å²) >= 11 is 0. The molecule has 8 heteroatoms. The van der Waals surface area contributed by atoms with Crippen LogP contribution in [-0.4, -0.2) is 25.9 Å². The van der Waals surface area contributed by atoms with E-state index in [2.05, 4.69) is 9.98 Å². The molecule has 0 amide bonds. The normalized spacial score (nSPS) is 12.8. The highest BCUT2D eigenvalue weighted by Gasteiger charge is 2.12. The molecule has 0 aliphatic rings. The Bertz CT molecular complexity index is 579. The van der Waals surface area contributed by atoms with Crippen molar-refractivity contribution in [3.05, 3.63) is 40.7 Å². The van der Waals surface area contributed by atoms with Crippen molar-refractivity contribution in [3.8, 4) is 0 Å². The minimum absolute atomic E-state index is 0.0962. The molecular weight excluding hydrogens is 261 g/mol. The number of halogens is 1. The zero-order chi connectivity index (χ0) is 13.6. The van der Waals surface area contributed by atoms with Gasteiger partial charge < -0.3 is 5.73 Å². The third-order valence-electron chi connectivity index (χ3n) is 1.91. The summed E-state index contributed by atoms with van der Waals surface area (Å²) in [6, 6.07) is 3.09. The number of aliphatic imine (C=N–C) groups is 1. The third-order valence-corrected chi connectivity index (χ3v) is 2.71. The maximum absolute atomic E-state index is 12.6. The highest BCUT2D eigenvalue weighted by atomic mass is 32.3. The quantitative estimate of drug-likeness (QED) is 0.479. The van der Waals surface area contributed by atoms with E-state index < -0.39 is 15.1 Å². The average Bonchev–Trinajstić information content (AvgIpc) is 2.34. The van der Waals surface area contributed by atoms with E-state index in [0.29, 0.717) is 18.0 Å². The molecule has 18 heavy (non-hydrogen) atoms. The smallest absolute Gasteiger partial charge is 0.335 e. The lowest BCUT2D eigenvalue weighted by Gasteiger charge is -1.96. The number of carbonyl (C=O) groups excluding carboxylic acids is 1. The first kappa shape index (κ1) is 14.0. The van der Waals surface area contributed by atoms with Crippen molar-refractivity contribution >= 4 is 22.7 Å². The van der Waals surface area contributed by atoms with E-state index in [1.807, 2.05) is 0 Å². The number of rotatable bonds is 5. The van der Waals surface area contributed by atoms with Crippen molar-refractivity contribution in [1.29, 1.82) is 0 Å². The molecule has 6 nitrogen and oxygen atoms in total. The second-order valence-corrected chi connectivity index (χ2v) is 4.53. The minimum atomic E-state index is -4.86. The summed E-state index contributed by atoms with van der Waals surface area (Å²) < 4.78 is 33.6. The van der Waals surface area contributed by atoms with E-state index in [0.717, 1.165) is 6.21 Å². The number of aromatic nitrogens is 1. The fourth-order valence-electron chi connectivity index (χ4n) is 1.03. The monoisotopic (exact) mass is 271 g/mol. The van der Waals surface area contributed by atoms with Gasteiger partial charge in [0.05, 0.1) is 6.54 Å². The van der Waals surface area contributed by atoms with Gasteiger partial charge in [-0.05, 0) is 11.6 Å². The van der Waals surface area contributed by atoms with Crippen molar-refractivity contribution in [3.63, 3.8) is 0 Å². The Morgan fingerprint density at radius 1 is 1.50 bits per heavy atom. The number of carbonyl (C=O) groups is 1. The van der Waals surface area contributed by atoms with Crippen LogP contribution < -0.4 is 5.73 Å². The first-order chi connectivity index (χ1) is 8.47. The van der Waals surface area contributed by atoms with Crippen LogP contribution in [0.5, 0.6) is 0 Å². The van der Waals surface area contributed by atoms with Crippen LogP contribution in [0.15, 0.2) is 34.4 Å². The van der Waals surface area contributed by atoms with Gasteiger partial charge in [-0.2, -0.15) is 8.42 Å². The Morgan fingerprint density at radius 2 is 2.22 bits per heavy atom. The molecule has 2 N–H and O–H groups in total. The second kappa shape index (κ2) is 6.01. The van der Waals surface area contributed by atoms with Gasteiger partial charge in [-0.25, -0.2) is 0 Å². The molecular formula is C10H10FN3O3S. The van der Waals surface area contributed by atoms with Crippen LogP contribution in [0.1, 0.15) is 16.1 Å². The summed E-state index contributed by atoms with van der Waals surface area (Å²) in [5, 5.41) is 0. The topological polar surface area (TPSA) is 102 Å². The van der Waals surface area contributed by atoms with E-state index in [4.69, 9.17) is 5.73 Å². The Hall–Kier alpha value is -2.09. The molecule has 0 aliphatic heterocycles. The maximum Gasteiger partial charge on any atom is 0.335 e. The molecule has 0 aromatic carbocycles. The van der Waals surface area contributed by atoms with Crippen LogP contribution in [0.2, 0.25) is 0 Å². The van der Waals surface area contributed by atoms with E-state index >= 15 is 0 Å². The molecule has 1 heterocycles. The maximum atomic E-state index is 12.6. The van der Waals surface area contributed by atoms with Gasteiger partial charge in [0.2, 0.25) is 0 Å². The molecule has 0 unspecified atom stereocenters. The predicted molar refractivity (Wildman–Crippen MR) is 64.1 cm³/mol. The van der Waals surface area contributed by atoms with Gasteiger partial charge >= 0.3 is 10.2 Å². The van der Waals surface area contributed by atoms with Crippen LogP contribution in [0.3, 0.4) is 0 Å². The van der Waals surface area contributed by atoms with Crippen LogP contribution in [-0.2, 0) is 16.8 Å². The molecule has 0 saturated heterocycles. The van der Waals surface area contributed by atoms with Gasteiger partial charge in [0.15, 0.2) is 6.29 Å². The fraction of sp³-hybridized carbons (Fsp3) is 0.100. The van der Waals surface area contributed by atoms with E-state index in [1.165, 1.54) is 12.3 Å². The number of aldehydes is 1. The van der Waals surface area contributed by atoms with Gasteiger partial charge in [-0.3, -0.25) is 14.8 Å². The second-order valence-electron chi connectivity index (χ2n) is 3.19. The first-order valence-corrected chi connectivity index (χ1v) is 6.12. The summed E-state index contributed by atoms with van der Waals surface area (Å²) in [7, 11) is -4.86. The number of pyridine rings is 1. The summed E-state index contributed by atoms with van der Waals surface area (Å²) in [5.41, 5.74) is 5.87. The van der Waals surface area contributed by atoms with E-state index in [1.54, 1.807) is 6.07 Å². The van der Waals surface area contributed by atoms with Gasteiger partial charge in [-0.1, -0.05) is 6.07 Å². The van der Waals surface area contributed by atoms with E-state index in [-0.39, 0.29) is 12.2 Å². The molecule has 0 radical (unpaired) electrons. The van der Waals surface area contributed by atoms with E-state index in [9.17, 15) is 17.1 Å². The molecule has 96 valence electrons. The summed E-state index contributed by atoms with van der Waals surface area (Å²) in [6.45, 7) is 0.0962. The number of nitrogens with zero attached hydrogens (tertiary/aromatic N) is 2. The molecule has 1 rings (SSSR count). The van der Waals surface area contributed by atoms with Gasteiger partial charge in [0, 0.05) is 18.6 Å². The highest BCUT2D eigenvalue weighted by molar-refractivity contribution is 7.91. The van der Waals surface area contributed by atoms with Gasteiger partial charge in [0.25, 0.3) is 0 Å².